The largest absolute Gasteiger partial charge is 0.480 e. The lowest BCUT2D eigenvalue weighted by Crippen LogP contribution is -2.51. The lowest BCUT2D eigenvalue weighted by molar-refractivity contribution is -0.384. The molecule has 0 unspecified atom stereocenters. The molecule has 3 aromatic rings. The first kappa shape index (κ1) is 35.5. The predicted octanol–water partition coefficient (Wildman–Crippen LogP) is 5.43. The van der Waals surface area contributed by atoms with Crippen molar-refractivity contribution in [3.63, 3.8) is 0 Å². The number of aryl methyl sites for hydroxylation is 1. The number of hydrogen-bond donors (Lipinski definition) is 3. The summed E-state index contributed by atoms with van der Waals surface area (Å²) in [5.41, 5.74) is 2.00. The van der Waals surface area contributed by atoms with Gasteiger partial charge in [-0.1, -0.05) is 74.9 Å². The number of benzene rings is 3. The van der Waals surface area contributed by atoms with Crippen molar-refractivity contribution in [2.75, 3.05) is 25.1 Å². The summed E-state index contributed by atoms with van der Waals surface area (Å²) in [4.78, 5) is 50.6. The third kappa shape index (κ3) is 11.5. The standard InChI is InChI=1S/C34H44N4O6S/c1-4-24(2)31(36-32(39)14-7-9-25-15-17-28(18-16-25)38(43)44)22-37(23-33(40)35-30(34(41)42)19-20-45-3)21-27-12-8-11-26-10-5-6-13-29(26)27/h5-6,8,10-13,15-18,24,30-31H,4,7,9,14,19-23H2,1-3H3,(H,35,40)(H,36,39)(H,41,42)/t24-,30-,31+/m0/s1. The van der Waals surface area contributed by atoms with Crippen LogP contribution in [-0.4, -0.2) is 69.9 Å². The first-order valence-corrected chi connectivity index (χ1v) is 16.7. The van der Waals surface area contributed by atoms with E-state index in [2.05, 4.69) is 24.5 Å². The minimum Gasteiger partial charge on any atom is -0.480 e. The van der Waals surface area contributed by atoms with Gasteiger partial charge in [-0.05, 0) is 59.1 Å². The topological polar surface area (TPSA) is 142 Å². The number of nitrogens with one attached hydrogen (secondary N) is 2. The summed E-state index contributed by atoms with van der Waals surface area (Å²) >= 11 is 1.53. The summed E-state index contributed by atoms with van der Waals surface area (Å²) in [5, 5.41) is 28.6. The van der Waals surface area contributed by atoms with E-state index in [1.807, 2.05) is 53.6 Å². The van der Waals surface area contributed by atoms with Gasteiger partial charge in [-0.2, -0.15) is 11.8 Å². The first-order chi connectivity index (χ1) is 21.6. The number of rotatable bonds is 19. The molecule has 0 aliphatic rings. The van der Waals surface area contributed by atoms with Gasteiger partial charge in [0.25, 0.3) is 5.69 Å². The molecule has 3 N–H and O–H groups in total. The maximum atomic E-state index is 13.2. The van der Waals surface area contributed by atoms with Crippen LogP contribution in [0.3, 0.4) is 0 Å². The zero-order valence-corrected chi connectivity index (χ0v) is 27.1. The van der Waals surface area contributed by atoms with Crippen LogP contribution < -0.4 is 10.6 Å². The number of nitro groups is 1. The van der Waals surface area contributed by atoms with Crippen LogP contribution in [0.4, 0.5) is 5.69 Å². The summed E-state index contributed by atoms with van der Waals surface area (Å²) in [6.07, 6.45) is 4.55. The molecular formula is C34H44N4O6S. The minimum absolute atomic E-state index is 0.0186. The van der Waals surface area contributed by atoms with Crippen molar-refractivity contribution in [3.8, 4) is 0 Å². The van der Waals surface area contributed by atoms with Crippen LogP contribution in [0.2, 0.25) is 0 Å². The van der Waals surface area contributed by atoms with Gasteiger partial charge in [0, 0.05) is 37.7 Å². The molecule has 0 radical (unpaired) electrons. The first-order valence-electron chi connectivity index (χ1n) is 15.3. The van der Waals surface area contributed by atoms with Gasteiger partial charge in [0.05, 0.1) is 11.5 Å². The van der Waals surface area contributed by atoms with E-state index in [-0.39, 0.29) is 36.0 Å². The molecular weight excluding hydrogens is 592 g/mol. The molecule has 0 fully saturated rings. The monoisotopic (exact) mass is 636 g/mol. The number of non-ortho nitro benzene ring substituents is 1. The van der Waals surface area contributed by atoms with Crippen molar-refractivity contribution in [2.24, 2.45) is 5.92 Å². The second-order valence-corrected chi connectivity index (χ2v) is 12.4. The lowest BCUT2D eigenvalue weighted by Gasteiger charge is -2.31. The van der Waals surface area contributed by atoms with E-state index in [1.54, 1.807) is 12.1 Å². The Balaban J connectivity index is 1.73. The van der Waals surface area contributed by atoms with E-state index >= 15 is 0 Å². The van der Waals surface area contributed by atoms with Gasteiger partial charge in [0.1, 0.15) is 6.04 Å². The van der Waals surface area contributed by atoms with Crippen molar-refractivity contribution in [1.29, 1.82) is 0 Å². The van der Waals surface area contributed by atoms with Gasteiger partial charge >= 0.3 is 5.97 Å². The van der Waals surface area contributed by atoms with Crippen LogP contribution >= 0.6 is 11.8 Å². The highest BCUT2D eigenvalue weighted by Crippen LogP contribution is 2.21. The van der Waals surface area contributed by atoms with Crippen molar-refractivity contribution < 1.29 is 24.4 Å². The van der Waals surface area contributed by atoms with E-state index in [9.17, 15) is 29.6 Å². The summed E-state index contributed by atoms with van der Waals surface area (Å²) in [6.45, 7) is 4.96. The van der Waals surface area contributed by atoms with E-state index in [0.717, 1.165) is 28.3 Å². The number of carbonyl (C=O) groups is 3. The van der Waals surface area contributed by atoms with E-state index in [1.165, 1.54) is 23.9 Å². The number of amides is 2. The number of thioether (sulfide) groups is 1. The quantitative estimate of drug-likeness (QED) is 0.117. The highest BCUT2D eigenvalue weighted by atomic mass is 32.2. The average Bonchev–Trinajstić information content (AvgIpc) is 3.02. The molecule has 0 bridgehead atoms. The Bertz CT molecular complexity index is 1430. The van der Waals surface area contributed by atoms with Crippen LogP contribution in [0.25, 0.3) is 10.8 Å². The maximum absolute atomic E-state index is 13.2. The van der Waals surface area contributed by atoms with Crippen LogP contribution in [0.15, 0.2) is 66.7 Å². The minimum atomic E-state index is -1.06. The van der Waals surface area contributed by atoms with Crippen molar-refractivity contribution in [1.82, 2.24) is 15.5 Å². The molecule has 0 spiro atoms. The molecule has 2 amide bonds. The second kappa shape index (κ2) is 18.1. The van der Waals surface area contributed by atoms with E-state index in [0.29, 0.717) is 44.5 Å². The molecule has 0 saturated heterocycles. The number of carbonyl (C=O) groups excluding carboxylic acids is 2. The van der Waals surface area contributed by atoms with Crippen molar-refractivity contribution in [2.45, 2.75) is 64.6 Å². The molecule has 0 aliphatic carbocycles. The Morgan fingerprint density at radius 3 is 2.38 bits per heavy atom. The molecule has 242 valence electrons. The molecule has 0 aromatic heterocycles. The number of aliphatic carboxylic acids is 1. The lowest BCUT2D eigenvalue weighted by atomic mass is 9.97. The van der Waals surface area contributed by atoms with Crippen molar-refractivity contribution >= 4 is 46.0 Å². The molecule has 0 heterocycles. The highest BCUT2D eigenvalue weighted by molar-refractivity contribution is 7.98. The zero-order chi connectivity index (χ0) is 32.8. The zero-order valence-electron chi connectivity index (χ0n) is 26.2. The SMILES string of the molecule is CC[C@H](C)[C@@H](CN(CC(=O)N[C@@H](CCSC)C(=O)O)Cc1cccc2ccccc12)NC(=O)CCCc1ccc([N+](=O)[O-])cc1. The van der Waals surface area contributed by atoms with Gasteiger partial charge < -0.3 is 15.7 Å². The van der Waals surface area contributed by atoms with Crippen LogP contribution in [0.1, 0.15) is 50.7 Å². The van der Waals surface area contributed by atoms with Gasteiger partial charge in [0.2, 0.25) is 11.8 Å². The van der Waals surface area contributed by atoms with Crippen LogP contribution in [0, 0.1) is 16.0 Å². The molecule has 11 heteroatoms. The fourth-order valence-corrected chi connectivity index (χ4v) is 5.71. The Morgan fingerprint density at radius 2 is 1.71 bits per heavy atom. The summed E-state index contributed by atoms with van der Waals surface area (Å²) in [7, 11) is 0. The molecule has 45 heavy (non-hydrogen) atoms. The number of carboxylic acids is 1. The number of carboxylic acid groups (broad SMARTS) is 1. The van der Waals surface area contributed by atoms with Gasteiger partial charge in [-0.3, -0.25) is 24.6 Å². The average molecular weight is 637 g/mol. The van der Waals surface area contributed by atoms with Crippen LogP contribution in [-0.2, 0) is 27.3 Å². The predicted molar refractivity (Wildman–Crippen MR) is 179 cm³/mol. The van der Waals surface area contributed by atoms with Gasteiger partial charge in [0.15, 0.2) is 0 Å². The fraction of sp³-hybridized carbons (Fsp3) is 0.441. The van der Waals surface area contributed by atoms with E-state index < -0.39 is 16.9 Å². The Labute approximate surface area is 269 Å². The smallest absolute Gasteiger partial charge is 0.326 e. The summed E-state index contributed by atoms with van der Waals surface area (Å²) in [6, 6.07) is 19.3. The number of nitro benzene ring substituents is 1. The number of hydrogen-bond acceptors (Lipinski definition) is 7. The molecule has 0 saturated carbocycles. The van der Waals surface area contributed by atoms with Gasteiger partial charge in [-0.25, -0.2) is 4.79 Å². The Kier molecular flexibility index (Phi) is 14.3. The second-order valence-electron chi connectivity index (χ2n) is 11.4. The molecule has 3 aromatic carbocycles. The summed E-state index contributed by atoms with van der Waals surface area (Å²) < 4.78 is 0. The van der Waals surface area contributed by atoms with Crippen LogP contribution in [0.5, 0.6) is 0 Å². The Morgan fingerprint density at radius 1 is 1.00 bits per heavy atom. The normalized spacial score (nSPS) is 13.2. The molecule has 3 rings (SSSR count). The Hall–Kier alpha value is -3.96. The summed E-state index contributed by atoms with van der Waals surface area (Å²) in [5.74, 6) is -0.795. The maximum Gasteiger partial charge on any atom is 0.326 e. The number of nitrogens with zero attached hydrogens (tertiary/aromatic N) is 2. The third-order valence-corrected chi connectivity index (χ3v) is 8.68. The number of fused-ring (bicyclic) bond motifs is 1. The fourth-order valence-electron chi connectivity index (χ4n) is 5.24. The third-order valence-electron chi connectivity index (χ3n) is 8.03. The van der Waals surface area contributed by atoms with E-state index in [4.69, 9.17) is 0 Å². The van der Waals surface area contributed by atoms with Gasteiger partial charge in [-0.15, -0.1) is 0 Å². The molecule has 10 nitrogen and oxygen atoms in total. The van der Waals surface area contributed by atoms with Crippen molar-refractivity contribution in [3.05, 3.63) is 88.0 Å². The molecule has 0 aliphatic heterocycles. The highest BCUT2D eigenvalue weighted by Gasteiger charge is 2.25. The molecule has 3 atom stereocenters.